The Bertz CT molecular complexity index is 650. The molecule has 0 aliphatic heterocycles. The van der Waals surface area contributed by atoms with Gasteiger partial charge in [0.1, 0.15) is 17.3 Å². The van der Waals surface area contributed by atoms with E-state index in [1.807, 2.05) is 6.92 Å². The third-order valence-corrected chi connectivity index (χ3v) is 4.81. The Morgan fingerprint density at radius 2 is 1.89 bits per heavy atom. The zero-order chi connectivity index (χ0) is 13.8. The molecule has 0 amide bonds. The third-order valence-electron chi connectivity index (χ3n) is 4.81. The summed E-state index contributed by atoms with van der Waals surface area (Å²) in [6, 6.07) is 0. The van der Waals surface area contributed by atoms with Crippen LogP contribution in [-0.2, 0) is 6.54 Å². The highest BCUT2D eigenvalue weighted by Gasteiger charge is 2.41. The van der Waals surface area contributed by atoms with Gasteiger partial charge in [0.15, 0.2) is 0 Å². The predicted molar refractivity (Wildman–Crippen MR) is 78.1 cm³/mol. The molecule has 1 fully saturated rings. The van der Waals surface area contributed by atoms with E-state index in [1.165, 1.54) is 30.5 Å². The molecule has 0 spiro atoms. The van der Waals surface area contributed by atoms with E-state index in [1.54, 1.807) is 0 Å². The maximum atomic E-state index is 6.09. The van der Waals surface area contributed by atoms with Gasteiger partial charge >= 0.3 is 0 Å². The van der Waals surface area contributed by atoms with Gasteiger partial charge in [0.25, 0.3) is 0 Å². The molecule has 1 aliphatic rings. The third kappa shape index (κ3) is 1.81. The van der Waals surface area contributed by atoms with Crippen molar-refractivity contribution in [3.63, 3.8) is 0 Å². The highest BCUT2D eigenvalue weighted by Crippen LogP contribution is 2.50. The van der Waals surface area contributed by atoms with Crippen molar-refractivity contribution in [1.82, 2.24) is 14.5 Å². The minimum Gasteiger partial charge on any atom is -0.383 e. The minimum absolute atomic E-state index is 0.497. The van der Waals surface area contributed by atoms with Gasteiger partial charge < -0.3 is 10.3 Å². The molecule has 3 rings (SSSR count). The molecule has 0 saturated heterocycles. The Balaban J connectivity index is 2.21. The van der Waals surface area contributed by atoms with E-state index < -0.39 is 0 Å². The lowest BCUT2D eigenvalue weighted by molar-refractivity contribution is 0.410. The maximum Gasteiger partial charge on any atom is 0.146 e. The molecule has 0 atom stereocenters. The Kier molecular flexibility index (Phi) is 2.59. The first kappa shape index (κ1) is 12.5. The normalized spacial score (nSPS) is 17.1. The number of aromatic nitrogens is 3. The molecule has 19 heavy (non-hydrogen) atoms. The first-order valence-corrected chi connectivity index (χ1v) is 7.07. The molecule has 4 nitrogen and oxygen atoms in total. The summed E-state index contributed by atoms with van der Waals surface area (Å²) in [4.78, 5) is 8.94. The van der Waals surface area contributed by atoms with Gasteiger partial charge in [-0.15, -0.1) is 0 Å². The van der Waals surface area contributed by atoms with Gasteiger partial charge in [0.2, 0.25) is 0 Å². The van der Waals surface area contributed by atoms with Crippen LogP contribution in [0.2, 0.25) is 0 Å². The highest BCUT2D eigenvalue weighted by atomic mass is 15.1. The molecule has 0 aromatic carbocycles. The molecular formula is C15H22N4. The van der Waals surface area contributed by atoms with Gasteiger partial charge in [0.05, 0.1) is 5.39 Å². The highest BCUT2D eigenvalue weighted by molar-refractivity contribution is 5.91. The quantitative estimate of drug-likeness (QED) is 0.920. The lowest BCUT2D eigenvalue weighted by Gasteiger charge is -2.16. The van der Waals surface area contributed by atoms with Crippen molar-refractivity contribution in [3.05, 3.63) is 17.1 Å². The average Bonchev–Trinajstić information content (AvgIpc) is 3.09. The fourth-order valence-electron chi connectivity index (χ4n) is 3.01. The van der Waals surface area contributed by atoms with Gasteiger partial charge in [0, 0.05) is 12.2 Å². The van der Waals surface area contributed by atoms with E-state index in [0.29, 0.717) is 11.2 Å². The number of fused-ring (bicyclic) bond motifs is 1. The Labute approximate surface area is 114 Å². The van der Waals surface area contributed by atoms with E-state index >= 15 is 0 Å². The van der Waals surface area contributed by atoms with Crippen LogP contribution >= 0.6 is 0 Å². The van der Waals surface area contributed by atoms with Crippen LogP contribution in [0.4, 0.5) is 5.82 Å². The van der Waals surface area contributed by atoms with Crippen molar-refractivity contribution in [2.75, 3.05) is 5.73 Å². The molecule has 2 heterocycles. The van der Waals surface area contributed by atoms with E-state index in [-0.39, 0.29) is 0 Å². The van der Waals surface area contributed by atoms with Gasteiger partial charge in [-0.05, 0) is 51.0 Å². The number of hydrogen-bond acceptors (Lipinski definition) is 3. The first-order chi connectivity index (χ1) is 8.97. The van der Waals surface area contributed by atoms with Gasteiger partial charge in [-0.2, -0.15) is 0 Å². The van der Waals surface area contributed by atoms with Crippen molar-refractivity contribution in [2.24, 2.45) is 5.41 Å². The lowest BCUT2D eigenvalue weighted by Crippen LogP contribution is -2.13. The second-order valence-electron chi connectivity index (χ2n) is 6.00. The number of nitrogens with zero attached hydrogens (tertiary/aromatic N) is 3. The van der Waals surface area contributed by atoms with Crippen LogP contribution in [0.15, 0.2) is 0 Å². The summed E-state index contributed by atoms with van der Waals surface area (Å²) in [5.41, 5.74) is 10.1. The fraction of sp³-hybridized carbons (Fsp3) is 0.600. The van der Waals surface area contributed by atoms with Crippen LogP contribution in [0.25, 0.3) is 11.0 Å². The van der Waals surface area contributed by atoms with E-state index in [4.69, 9.17) is 5.73 Å². The molecule has 2 N–H and O–H groups in total. The number of hydrogen-bond donors (Lipinski definition) is 1. The number of anilines is 1. The molecule has 0 bridgehead atoms. The first-order valence-electron chi connectivity index (χ1n) is 7.07. The molecular weight excluding hydrogens is 236 g/mol. The second kappa shape index (κ2) is 3.95. The molecule has 0 unspecified atom stereocenters. The van der Waals surface area contributed by atoms with Gasteiger partial charge in [-0.3, -0.25) is 0 Å². The summed E-state index contributed by atoms with van der Waals surface area (Å²) < 4.78 is 2.35. The fourth-order valence-corrected chi connectivity index (χ4v) is 3.01. The molecule has 2 aromatic heterocycles. The van der Waals surface area contributed by atoms with Crippen LogP contribution in [0.1, 0.15) is 43.3 Å². The minimum atomic E-state index is 0.497. The largest absolute Gasteiger partial charge is 0.383 e. The number of aryl methyl sites for hydroxylation is 2. The van der Waals surface area contributed by atoms with Crippen molar-refractivity contribution in [3.8, 4) is 0 Å². The van der Waals surface area contributed by atoms with Crippen LogP contribution in [-0.4, -0.2) is 14.5 Å². The summed E-state index contributed by atoms with van der Waals surface area (Å²) in [7, 11) is 0. The van der Waals surface area contributed by atoms with Gasteiger partial charge in [-0.25, -0.2) is 9.97 Å². The molecule has 102 valence electrons. The van der Waals surface area contributed by atoms with E-state index in [0.717, 1.165) is 23.4 Å². The molecule has 1 aliphatic carbocycles. The standard InChI is InChI=1S/C15H22N4/c1-5-15(6-7-15)8-19-10(3)9(2)12-13(16)17-11(4)18-14(12)19/h5-8H2,1-4H3,(H2,16,17,18). The Morgan fingerprint density at radius 1 is 1.21 bits per heavy atom. The number of nitrogens with two attached hydrogens (primary N) is 1. The van der Waals surface area contributed by atoms with Crippen molar-refractivity contribution in [1.29, 1.82) is 0 Å². The summed E-state index contributed by atoms with van der Waals surface area (Å²) in [6.45, 7) is 9.54. The van der Waals surface area contributed by atoms with Crippen LogP contribution in [0.3, 0.4) is 0 Å². The lowest BCUT2D eigenvalue weighted by atomic mass is 10.0. The van der Waals surface area contributed by atoms with E-state index in [9.17, 15) is 0 Å². The molecule has 1 saturated carbocycles. The second-order valence-corrected chi connectivity index (χ2v) is 6.00. The Hall–Kier alpha value is -1.58. The monoisotopic (exact) mass is 258 g/mol. The summed E-state index contributed by atoms with van der Waals surface area (Å²) in [5.74, 6) is 1.37. The molecule has 2 aromatic rings. The predicted octanol–water partition coefficient (Wildman–Crippen LogP) is 3.13. The van der Waals surface area contributed by atoms with Crippen molar-refractivity contribution < 1.29 is 0 Å². The molecule has 0 radical (unpaired) electrons. The zero-order valence-corrected chi connectivity index (χ0v) is 12.2. The SMILES string of the molecule is CCC1(Cn2c(C)c(C)c3c(N)nc(C)nc32)CC1. The average molecular weight is 258 g/mol. The topological polar surface area (TPSA) is 56.7 Å². The van der Waals surface area contributed by atoms with Crippen molar-refractivity contribution in [2.45, 2.75) is 53.5 Å². The van der Waals surface area contributed by atoms with Gasteiger partial charge in [-0.1, -0.05) is 6.92 Å². The summed E-state index contributed by atoms with van der Waals surface area (Å²) in [6.07, 6.45) is 3.91. The smallest absolute Gasteiger partial charge is 0.146 e. The van der Waals surface area contributed by atoms with Crippen LogP contribution in [0.5, 0.6) is 0 Å². The number of nitrogen functional groups attached to an aromatic ring is 1. The summed E-state index contributed by atoms with van der Waals surface area (Å²) in [5, 5.41) is 1.04. The maximum absolute atomic E-state index is 6.09. The molecule has 4 heteroatoms. The van der Waals surface area contributed by atoms with Crippen LogP contribution < -0.4 is 5.73 Å². The zero-order valence-electron chi connectivity index (χ0n) is 12.2. The Morgan fingerprint density at radius 3 is 2.47 bits per heavy atom. The van der Waals surface area contributed by atoms with E-state index in [2.05, 4.69) is 35.3 Å². The summed E-state index contributed by atoms with van der Waals surface area (Å²) >= 11 is 0. The number of rotatable bonds is 3. The van der Waals surface area contributed by atoms with Crippen molar-refractivity contribution >= 4 is 16.9 Å². The van der Waals surface area contributed by atoms with Crippen LogP contribution in [0, 0.1) is 26.2 Å².